The first kappa shape index (κ1) is 21.4. The molecule has 174 valence electrons. The van der Waals surface area contributed by atoms with Gasteiger partial charge in [0.05, 0.1) is 0 Å². The van der Waals surface area contributed by atoms with E-state index in [0.717, 1.165) is 61.2 Å². The summed E-state index contributed by atoms with van der Waals surface area (Å²) in [4.78, 5) is 15.6. The monoisotopic (exact) mass is 443 g/mol. The molecule has 0 spiro atoms. The third kappa shape index (κ3) is 3.83. The van der Waals surface area contributed by atoms with Crippen LogP contribution in [0.5, 0.6) is 0 Å². The third-order valence-corrected chi connectivity index (χ3v) is 9.56. The van der Waals surface area contributed by atoms with E-state index in [1.54, 1.807) is 0 Å². The zero-order valence-corrected chi connectivity index (χ0v) is 19.7. The molecule has 2 aromatic carbocycles. The maximum atomic E-state index is 13.4. The smallest absolute Gasteiger partial charge is 0.223 e. The number of hydrogen-bond acceptors (Lipinski definition) is 2. The lowest BCUT2D eigenvalue weighted by atomic mass is 9.49. The van der Waals surface area contributed by atoms with E-state index in [4.69, 9.17) is 0 Å². The highest BCUT2D eigenvalue weighted by molar-refractivity contribution is 5.77. The van der Waals surface area contributed by atoms with Crippen molar-refractivity contribution < 1.29 is 9.90 Å². The molecule has 1 amide bonds. The Hall–Kier alpha value is -2.13. The van der Waals surface area contributed by atoms with Crippen molar-refractivity contribution in [3.05, 3.63) is 71.8 Å². The van der Waals surface area contributed by atoms with Gasteiger partial charge in [-0.3, -0.25) is 4.79 Å². The number of rotatable bonds is 5. The van der Waals surface area contributed by atoms with Gasteiger partial charge in [-0.05, 0) is 91.6 Å². The molecule has 0 aromatic heterocycles. The SMILES string of the molecule is O=C(CC12CC3CC(CC(C3)C1)C2)N1CCC(C(O)(c2ccccc2)c2ccccc2)CC1. The van der Waals surface area contributed by atoms with Crippen molar-refractivity contribution in [2.24, 2.45) is 29.1 Å². The molecule has 1 N–H and O–H groups in total. The first-order valence-corrected chi connectivity index (χ1v) is 13.2. The van der Waals surface area contributed by atoms with Gasteiger partial charge in [0.2, 0.25) is 5.91 Å². The predicted octanol–water partition coefficient (Wildman–Crippen LogP) is 5.77. The van der Waals surface area contributed by atoms with Crippen LogP contribution in [0.2, 0.25) is 0 Å². The number of aliphatic hydroxyl groups is 1. The fourth-order valence-corrected chi connectivity index (χ4v) is 8.51. The van der Waals surface area contributed by atoms with Gasteiger partial charge in [0.1, 0.15) is 5.60 Å². The quantitative estimate of drug-likeness (QED) is 0.637. The number of carbonyl (C=O) groups excluding carboxylic acids is 1. The van der Waals surface area contributed by atoms with Crippen LogP contribution >= 0.6 is 0 Å². The normalized spacial score (nSPS) is 31.7. The van der Waals surface area contributed by atoms with Crippen LogP contribution in [0.3, 0.4) is 0 Å². The van der Waals surface area contributed by atoms with Crippen LogP contribution < -0.4 is 0 Å². The summed E-state index contributed by atoms with van der Waals surface area (Å²) in [6.07, 6.45) is 10.6. The minimum absolute atomic E-state index is 0.103. The van der Waals surface area contributed by atoms with E-state index in [9.17, 15) is 9.90 Å². The van der Waals surface area contributed by atoms with Crippen molar-refractivity contribution in [3.63, 3.8) is 0 Å². The zero-order chi connectivity index (χ0) is 22.5. The van der Waals surface area contributed by atoms with Crippen LogP contribution in [0.15, 0.2) is 60.7 Å². The molecule has 0 atom stereocenters. The number of benzene rings is 2. The summed E-state index contributed by atoms with van der Waals surface area (Å²) in [6, 6.07) is 20.2. The van der Waals surface area contributed by atoms with Crippen molar-refractivity contribution in [3.8, 4) is 0 Å². The lowest BCUT2D eigenvalue weighted by Gasteiger charge is -2.57. The molecule has 0 radical (unpaired) electrons. The minimum atomic E-state index is -1.02. The molecule has 4 saturated carbocycles. The second-order valence-corrected chi connectivity index (χ2v) is 11.7. The predicted molar refractivity (Wildman–Crippen MR) is 130 cm³/mol. The topological polar surface area (TPSA) is 40.5 Å². The molecule has 3 nitrogen and oxygen atoms in total. The van der Waals surface area contributed by atoms with Crippen molar-refractivity contribution >= 4 is 5.91 Å². The Kier molecular flexibility index (Phi) is 5.36. The standard InChI is InChI=1S/C30H37NO2/c32-28(21-29-18-22-15-23(19-29)17-24(16-22)20-29)31-13-11-27(12-14-31)30(33,25-7-3-1-4-8-25)26-9-5-2-6-10-26/h1-10,22-24,27,33H,11-21H2. The molecular formula is C30H37NO2. The molecule has 33 heavy (non-hydrogen) atoms. The fraction of sp³-hybridized carbons (Fsp3) is 0.567. The lowest BCUT2D eigenvalue weighted by Crippen LogP contribution is -2.50. The second kappa shape index (κ2) is 8.27. The van der Waals surface area contributed by atoms with E-state index in [2.05, 4.69) is 4.90 Å². The van der Waals surface area contributed by atoms with E-state index >= 15 is 0 Å². The van der Waals surface area contributed by atoms with Crippen LogP contribution in [0.4, 0.5) is 0 Å². The van der Waals surface area contributed by atoms with E-state index in [0.29, 0.717) is 11.3 Å². The van der Waals surface area contributed by atoms with Gasteiger partial charge in [0.15, 0.2) is 0 Å². The highest BCUT2D eigenvalue weighted by Gasteiger charge is 2.52. The van der Waals surface area contributed by atoms with Crippen LogP contribution in [-0.4, -0.2) is 29.0 Å². The van der Waals surface area contributed by atoms with E-state index < -0.39 is 5.60 Å². The lowest BCUT2D eigenvalue weighted by molar-refractivity contribution is -0.142. The number of hydrogen-bond donors (Lipinski definition) is 1. The Labute approximate surface area is 198 Å². The van der Waals surface area contributed by atoms with Gasteiger partial charge in [0.25, 0.3) is 0 Å². The van der Waals surface area contributed by atoms with E-state index in [1.807, 2.05) is 60.7 Å². The zero-order valence-electron chi connectivity index (χ0n) is 19.7. The van der Waals surface area contributed by atoms with Gasteiger partial charge in [-0.15, -0.1) is 0 Å². The fourth-order valence-electron chi connectivity index (χ4n) is 8.51. The summed E-state index contributed by atoms with van der Waals surface area (Å²) >= 11 is 0. The minimum Gasteiger partial charge on any atom is -0.380 e. The number of nitrogens with zero attached hydrogens (tertiary/aromatic N) is 1. The summed E-state index contributed by atoms with van der Waals surface area (Å²) in [7, 11) is 0. The molecule has 5 aliphatic rings. The summed E-state index contributed by atoms with van der Waals surface area (Å²) in [5.41, 5.74) is 1.19. The molecule has 1 aliphatic heterocycles. The molecular weight excluding hydrogens is 406 g/mol. The largest absolute Gasteiger partial charge is 0.380 e. The van der Waals surface area contributed by atoms with Crippen LogP contribution in [-0.2, 0) is 10.4 Å². The van der Waals surface area contributed by atoms with Crippen molar-refractivity contribution in [2.45, 2.75) is 63.4 Å². The summed E-state index contributed by atoms with van der Waals surface area (Å²) in [5.74, 6) is 3.15. The number of likely N-dealkylation sites (tertiary alicyclic amines) is 1. The highest BCUT2D eigenvalue weighted by Crippen LogP contribution is 2.61. The Morgan fingerprint density at radius 3 is 1.73 bits per heavy atom. The first-order chi connectivity index (χ1) is 16.0. The number of piperidine rings is 1. The van der Waals surface area contributed by atoms with Crippen LogP contribution in [0.1, 0.15) is 68.9 Å². The van der Waals surface area contributed by atoms with Crippen LogP contribution in [0.25, 0.3) is 0 Å². The number of carbonyl (C=O) groups is 1. The summed E-state index contributed by atoms with van der Waals surface area (Å²) < 4.78 is 0. The van der Waals surface area contributed by atoms with Gasteiger partial charge in [-0.25, -0.2) is 0 Å². The van der Waals surface area contributed by atoms with Gasteiger partial charge < -0.3 is 10.0 Å². The molecule has 7 rings (SSSR count). The average Bonchev–Trinajstić information content (AvgIpc) is 2.83. The molecule has 1 heterocycles. The first-order valence-electron chi connectivity index (χ1n) is 13.2. The Morgan fingerprint density at radius 1 is 0.818 bits per heavy atom. The molecule has 1 saturated heterocycles. The average molecular weight is 444 g/mol. The summed E-state index contributed by atoms with van der Waals surface area (Å²) in [5, 5.41) is 12.1. The van der Waals surface area contributed by atoms with Crippen LogP contribution in [0, 0.1) is 29.1 Å². The molecule has 0 unspecified atom stereocenters. The molecule has 3 heteroatoms. The van der Waals surface area contributed by atoms with E-state index in [-0.39, 0.29) is 5.92 Å². The van der Waals surface area contributed by atoms with E-state index in [1.165, 1.54) is 38.5 Å². The van der Waals surface area contributed by atoms with Gasteiger partial charge in [0, 0.05) is 19.5 Å². The van der Waals surface area contributed by atoms with Crippen molar-refractivity contribution in [2.75, 3.05) is 13.1 Å². The van der Waals surface area contributed by atoms with Gasteiger partial charge in [-0.2, -0.15) is 0 Å². The Bertz CT molecular complexity index is 902. The molecule has 2 aromatic rings. The van der Waals surface area contributed by atoms with Gasteiger partial charge in [-0.1, -0.05) is 60.7 Å². The highest BCUT2D eigenvalue weighted by atomic mass is 16.3. The molecule has 5 fully saturated rings. The third-order valence-electron chi connectivity index (χ3n) is 9.56. The van der Waals surface area contributed by atoms with Crippen molar-refractivity contribution in [1.82, 2.24) is 4.90 Å². The molecule has 4 aliphatic carbocycles. The number of amides is 1. The molecule has 4 bridgehead atoms. The van der Waals surface area contributed by atoms with Crippen molar-refractivity contribution in [1.29, 1.82) is 0 Å². The maximum Gasteiger partial charge on any atom is 0.223 e. The summed E-state index contributed by atoms with van der Waals surface area (Å²) in [6.45, 7) is 1.52. The van der Waals surface area contributed by atoms with Gasteiger partial charge >= 0.3 is 0 Å². The second-order valence-electron chi connectivity index (χ2n) is 11.7. The maximum absolute atomic E-state index is 13.4. The Morgan fingerprint density at radius 2 is 1.27 bits per heavy atom. The Balaban J connectivity index is 1.16.